The molecule has 1 heterocycles. The van der Waals surface area contributed by atoms with Crippen LogP contribution in [0.4, 0.5) is 5.69 Å². The van der Waals surface area contributed by atoms with Gasteiger partial charge in [0.2, 0.25) is 0 Å². The second-order valence-corrected chi connectivity index (χ2v) is 4.88. The number of fused-ring (bicyclic) bond motifs is 1. The normalized spacial score (nSPS) is 28.1. The highest BCUT2D eigenvalue weighted by Gasteiger charge is 2.32. The number of aromatic hydroxyl groups is 1. The highest BCUT2D eigenvalue weighted by molar-refractivity contribution is 5.50. The molecule has 1 aromatic carbocycles. The first kappa shape index (κ1) is 9.76. The van der Waals surface area contributed by atoms with Crippen LogP contribution in [0.25, 0.3) is 0 Å². The summed E-state index contributed by atoms with van der Waals surface area (Å²) in [5.74, 6) is 2.01. The van der Waals surface area contributed by atoms with E-state index >= 15 is 0 Å². The summed E-state index contributed by atoms with van der Waals surface area (Å²) in [4.78, 5) is 2.45. The van der Waals surface area contributed by atoms with Crippen molar-refractivity contribution in [2.75, 3.05) is 18.0 Å². The predicted octanol–water partition coefficient (Wildman–Crippen LogP) is 2.79. The molecule has 2 aliphatic rings. The number of phenolic OH excluding ortho intramolecular Hbond substituents is 1. The van der Waals surface area contributed by atoms with E-state index in [-0.39, 0.29) is 0 Å². The van der Waals surface area contributed by atoms with Gasteiger partial charge in [-0.3, -0.25) is 0 Å². The van der Waals surface area contributed by atoms with Crippen molar-refractivity contribution in [3.05, 3.63) is 36.4 Å². The molecule has 2 heteroatoms. The number of anilines is 1. The first-order chi connectivity index (χ1) is 7.83. The van der Waals surface area contributed by atoms with Gasteiger partial charge in [0, 0.05) is 18.8 Å². The molecule has 0 saturated carbocycles. The van der Waals surface area contributed by atoms with Gasteiger partial charge >= 0.3 is 0 Å². The molecule has 1 fully saturated rings. The Morgan fingerprint density at radius 2 is 1.50 bits per heavy atom. The number of nitrogens with zero attached hydrogens (tertiary/aromatic N) is 1. The van der Waals surface area contributed by atoms with Crippen molar-refractivity contribution in [2.45, 2.75) is 12.8 Å². The molecule has 0 aromatic heterocycles. The van der Waals surface area contributed by atoms with Crippen molar-refractivity contribution in [3.8, 4) is 5.75 Å². The lowest BCUT2D eigenvalue weighted by atomic mass is 9.86. The van der Waals surface area contributed by atoms with Gasteiger partial charge in [0.05, 0.1) is 0 Å². The fraction of sp³-hybridized carbons (Fsp3) is 0.429. The van der Waals surface area contributed by atoms with Crippen LogP contribution in [0.15, 0.2) is 36.4 Å². The molecule has 1 aromatic rings. The van der Waals surface area contributed by atoms with E-state index in [4.69, 9.17) is 0 Å². The van der Waals surface area contributed by atoms with E-state index < -0.39 is 0 Å². The van der Waals surface area contributed by atoms with Crippen molar-refractivity contribution in [1.29, 1.82) is 0 Å². The van der Waals surface area contributed by atoms with Crippen molar-refractivity contribution in [1.82, 2.24) is 0 Å². The Morgan fingerprint density at radius 1 is 0.938 bits per heavy atom. The van der Waals surface area contributed by atoms with E-state index in [1.54, 1.807) is 12.1 Å². The molecule has 1 saturated heterocycles. The van der Waals surface area contributed by atoms with Crippen LogP contribution in [0, 0.1) is 11.8 Å². The van der Waals surface area contributed by atoms with E-state index in [2.05, 4.69) is 17.1 Å². The Labute approximate surface area is 96.2 Å². The number of rotatable bonds is 1. The van der Waals surface area contributed by atoms with Gasteiger partial charge in [0.1, 0.15) is 5.75 Å². The molecule has 2 atom stereocenters. The third-order valence-corrected chi connectivity index (χ3v) is 3.84. The predicted molar refractivity (Wildman–Crippen MR) is 65.7 cm³/mol. The van der Waals surface area contributed by atoms with Crippen LogP contribution in [0.3, 0.4) is 0 Å². The van der Waals surface area contributed by atoms with Gasteiger partial charge in [-0.15, -0.1) is 0 Å². The van der Waals surface area contributed by atoms with Crippen molar-refractivity contribution >= 4 is 5.69 Å². The maximum atomic E-state index is 9.28. The molecule has 1 N–H and O–H groups in total. The van der Waals surface area contributed by atoms with Gasteiger partial charge in [0.15, 0.2) is 0 Å². The Hall–Kier alpha value is -1.44. The molecule has 16 heavy (non-hydrogen) atoms. The van der Waals surface area contributed by atoms with Gasteiger partial charge in [0.25, 0.3) is 0 Å². The molecule has 0 bridgehead atoms. The average Bonchev–Trinajstić information content (AvgIpc) is 2.73. The van der Waals surface area contributed by atoms with E-state index in [1.165, 1.54) is 31.6 Å². The summed E-state index contributed by atoms with van der Waals surface area (Å²) in [6.07, 6.45) is 7.11. The largest absolute Gasteiger partial charge is 0.508 e. The van der Waals surface area contributed by atoms with Crippen molar-refractivity contribution < 1.29 is 5.11 Å². The summed E-state index contributed by atoms with van der Waals surface area (Å²) in [7, 11) is 0. The smallest absolute Gasteiger partial charge is 0.115 e. The Morgan fingerprint density at radius 3 is 2.06 bits per heavy atom. The number of hydrogen-bond acceptors (Lipinski definition) is 2. The number of hydrogen-bond donors (Lipinski definition) is 1. The average molecular weight is 215 g/mol. The molecule has 0 amide bonds. The summed E-state index contributed by atoms with van der Waals surface area (Å²) < 4.78 is 0. The lowest BCUT2D eigenvalue weighted by molar-refractivity contribution is 0.411. The zero-order valence-electron chi connectivity index (χ0n) is 9.34. The van der Waals surface area contributed by atoms with Gasteiger partial charge in [-0.1, -0.05) is 12.2 Å². The summed E-state index contributed by atoms with van der Waals surface area (Å²) in [5.41, 5.74) is 1.24. The van der Waals surface area contributed by atoms with Gasteiger partial charge < -0.3 is 10.0 Å². The fourth-order valence-corrected chi connectivity index (χ4v) is 2.89. The molecule has 0 radical (unpaired) electrons. The maximum Gasteiger partial charge on any atom is 0.115 e. The lowest BCUT2D eigenvalue weighted by Gasteiger charge is -2.18. The molecule has 1 aliphatic heterocycles. The van der Waals surface area contributed by atoms with Crippen LogP contribution in [0.2, 0.25) is 0 Å². The third-order valence-electron chi connectivity index (χ3n) is 3.84. The molecular weight excluding hydrogens is 198 g/mol. The third kappa shape index (κ3) is 1.69. The van der Waals surface area contributed by atoms with Crippen LogP contribution < -0.4 is 4.90 Å². The highest BCUT2D eigenvalue weighted by atomic mass is 16.3. The number of phenols is 1. The number of benzene rings is 1. The van der Waals surface area contributed by atoms with Crippen LogP contribution in [-0.4, -0.2) is 18.2 Å². The van der Waals surface area contributed by atoms with E-state index in [1.807, 2.05) is 12.1 Å². The maximum absolute atomic E-state index is 9.28. The van der Waals surface area contributed by atoms with E-state index in [0.717, 1.165) is 11.8 Å². The zero-order valence-corrected chi connectivity index (χ0v) is 9.34. The second kappa shape index (κ2) is 3.85. The molecule has 1 aliphatic carbocycles. The molecule has 0 spiro atoms. The van der Waals surface area contributed by atoms with E-state index in [9.17, 15) is 5.11 Å². The Bertz CT molecular complexity index is 380. The minimum atomic E-state index is 0.349. The van der Waals surface area contributed by atoms with Crippen LogP contribution in [-0.2, 0) is 0 Å². The SMILES string of the molecule is Oc1ccc(N2CC3CC=CCC3C2)cc1. The zero-order chi connectivity index (χ0) is 11.0. The lowest BCUT2D eigenvalue weighted by Crippen LogP contribution is -2.19. The van der Waals surface area contributed by atoms with Crippen LogP contribution in [0.1, 0.15) is 12.8 Å². The van der Waals surface area contributed by atoms with Crippen LogP contribution >= 0.6 is 0 Å². The van der Waals surface area contributed by atoms with Crippen LogP contribution in [0.5, 0.6) is 5.75 Å². The van der Waals surface area contributed by atoms with Crippen molar-refractivity contribution in [2.24, 2.45) is 11.8 Å². The fourth-order valence-electron chi connectivity index (χ4n) is 2.89. The Kier molecular flexibility index (Phi) is 2.35. The van der Waals surface area contributed by atoms with E-state index in [0.29, 0.717) is 5.75 Å². The quantitative estimate of drug-likeness (QED) is 0.728. The molecular formula is C14H17NO. The molecule has 3 rings (SSSR count). The topological polar surface area (TPSA) is 23.5 Å². The summed E-state index contributed by atoms with van der Waals surface area (Å²) >= 11 is 0. The van der Waals surface area contributed by atoms with Gasteiger partial charge in [-0.2, -0.15) is 0 Å². The standard InChI is InChI=1S/C14H17NO/c16-14-7-5-13(6-8-14)15-9-11-3-1-2-4-12(11)10-15/h1-2,5-8,11-12,16H,3-4,9-10H2. The summed E-state index contributed by atoms with van der Waals surface area (Å²) in [6, 6.07) is 7.57. The summed E-state index contributed by atoms with van der Waals surface area (Å²) in [5, 5.41) is 9.28. The molecule has 2 unspecified atom stereocenters. The first-order valence-electron chi connectivity index (χ1n) is 6.02. The van der Waals surface area contributed by atoms with Crippen molar-refractivity contribution in [3.63, 3.8) is 0 Å². The van der Waals surface area contributed by atoms with Gasteiger partial charge in [-0.25, -0.2) is 0 Å². The van der Waals surface area contributed by atoms with Gasteiger partial charge in [-0.05, 0) is 48.9 Å². The minimum Gasteiger partial charge on any atom is -0.508 e. The highest BCUT2D eigenvalue weighted by Crippen LogP contribution is 2.35. The monoisotopic (exact) mass is 215 g/mol. The minimum absolute atomic E-state index is 0.349. The molecule has 84 valence electrons. The summed E-state index contributed by atoms with van der Waals surface area (Å²) in [6.45, 7) is 2.33. The Balaban J connectivity index is 1.76. The number of allylic oxidation sites excluding steroid dienone is 2. The molecule has 2 nitrogen and oxygen atoms in total. The first-order valence-corrected chi connectivity index (χ1v) is 6.02. The second-order valence-electron chi connectivity index (χ2n) is 4.88.